The van der Waals surface area contributed by atoms with E-state index in [1.807, 2.05) is 55.3 Å². The Balaban J connectivity index is 1.30. The molecule has 0 fully saturated rings. The monoisotopic (exact) mass is 666 g/mol. The number of amidine groups is 1. The summed E-state index contributed by atoms with van der Waals surface area (Å²) in [5.74, 6) is 0.615. The lowest BCUT2D eigenvalue weighted by molar-refractivity contribution is -0.274. The fourth-order valence-corrected chi connectivity index (χ4v) is 5.48. The SMILES string of the molecule is Cc1ccc(N(C)C(=NC(=O)NCCCCc2cccc(-c3ncn(-c4ccc(OC(F)(F)F)cc4)n3)c2)SCC=O)c(C(C)C)c1. The number of aliphatic imine (C=N–C) groups is 1. The second kappa shape index (κ2) is 16.3. The number of halogens is 3. The van der Waals surface area contributed by atoms with Crippen LogP contribution in [0.15, 0.2) is 78.0 Å². The van der Waals surface area contributed by atoms with Crippen molar-refractivity contribution >= 4 is 34.9 Å². The number of nitrogens with one attached hydrogen (secondary N) is 1. The number of hydrogen-bond acceptors (Lipinski definition) is 6. The molecule has 9 nitrogen and oxygen atoms in total. The molecule has 0 aliphatic rings. The number of urea groups is 1. The van der Waals surface area contributed by atoms with Crippen molar-refractivity contribution in [1.29, 1.82) is 0 Å². The predicted molar refractivity (Wildman–Crippen MR) is 179 cm³/mol. The van der Waals surface area contributed by atoms with Crippen molar-refractivity contribution in [3.63, 3.8) is 0 Å². The molecule has 3 aromatic carbocycles. The number of aldehydes is 1. The van der Waals surface area contributed by atoms with E-state index >= 15 is 0 Å². The van der Waals surface area contributed by atoms with Gasteiger partial charge in [-0.3, -0.25) is 0 Å². The maximum atomic E-state index is 12.7. The van der Waals surface area contributed by atoms with Gasteiger partial charge in [0.1, 0.15) is 18.4 Å². The van der Waals surface area contributed by atoms with Crippen molar-refractivity contribution < 1.29 is 27.5 Å². The van der Waals surface area contributed by atoms with Crippen LogP contribution >= 0.6 is 11.8 Å². The molecule has 0 aliphatic heterocycles. The summed E-state index contributed by atoms with van der Waals surface area (Å²) in [5, 5.41) is 7.78. The number of benzene rings is 3. The molecule has 0 atom stereocenters. The zero-order valence-electron chi connectivity index (χ0n) is 26.6. The van der Waals surface area contributed by atoms with Gasteiger partial charge >= 0.3 is 12.4 Å². The Morgan fingerprint density at radius 1 is 1.11 bits per heavy atom. The number of hydrogen-bond donors (Lipinski definition) is 1. The van der Waals surface area contributed by atoms with Gasteiger partial charge in [0.2, 0.25) is 0 Å². The molecule has 2 amide bonds. The summed E-state index contributed by atoms with van der Waals surface area (Å²) in [7, 11) is 1.85. The Hall–Kier alpha value is -4.65. The van der Waals surface area contributed by atoms with Crippen molar-refractivity contribution in [3.05, 3.63) is 89.7 Å². The van der Waals surface area contributed by atoms with Crippen molar-refractivity contribution in [1.82, 2.24) is 20.1 Å². The first kappa shape index (κ1) is 35.2. The molecular weight excluding hydrogens is 629 g/mol. The Morgan fingerprint density at radius 2 is 1.87 bits per heavy atom. The summed E-state index contributed by atoms with van der Waals surface area (Å²) in [6, 6.07) is 18.9. The van der Waals surface area contributed by atoms with E-state index in [4.69, 9.17) is 0 Å². The lowest BCUT2D eigenvalue weighted by Crippen LogP contribution is -2.29. The molecule has 1 N–H and O–H groups in total. The second-order valence-electron chi connectivity index (χ2n) is 11.1. The quantitative estimate of drug-likeness (QED) is 0.0715. The average molecular weight is 667 g/mol. The predicted octanol–water partition coefficient (Wildman–Crippen LogP) is 7.72. The van der Waals surface area contributed by atoms with Gasteiger partial charge in [0.05, 0.1) is 11.4 Å². The molecular formula is C34H37F3N6O3S. The summed E-state index contributed by atoms with van der Waals surface area (Å²) in [5.41, 5.74) is 5.64. The summed E-state index contributed by atoms with van der Waals surface area (Å²) in [6.45, 7) is 6.71. The van der Waals surface area contributed by atoms with Crippen molar-refractivity contribution in [2.45, 2.75) is 52.3 Å². The number of rotatable bonds is 12. The van der Waals surface area contributed by atoms with Gasteiger partial charge < -0.3 is 19.7 Å². The highest BCUT2D eigenvalue weighted by atomic mass is 32.2. The van der Waals surface area contributed by atoms with Crippen molar-refractivity contribution in [3.8, 4) is 22.8 Å². The molecule has 0 spiro atoms. The molecule has 0 saturated carbocycles. The van der Waals surface area contributed by atoms with E-state index in [1.54, 1.807) is 0 Å². The minimum absolute atomic E-state index is 0.183. The van der Waals surface area contributed by atoms with Gasteiger partial charge in [-0.2, -0.15) is 4.99 Å². The average Bonchev–Trinajstić information content (AvgIpc) is 3.53. The van der Waals surface area contributed by atoms with Crippen LogP contribution in [-0.2, 0) is 11.2 Å². The zero-order valence-corrected chi connectivity index (χ0v) is 27.4. The topological polar surface area (TPSA) is 102 Å². The first-order valence-electron chi connectivity index (χ1n) is 15.1. The minimum Gasteiger partial charge on any atom is -0.406 e. The molecule has 0 radical (unpaired) electrons. The van der Waals surface area contributed by atoms with Crippen LogP contribution in [0.4, 0.5) is 23.7 Å². The van der Waals surface area contributed by atoms with Crippen LogP contribution in [0.25, 0.3) is 17.1 Å². The van der Waals surface area contributed by atoms with E-state index in [0.717, 1.165) is 53.5 Å². The van der Waals surface area contributed by atoms with Gasteiger partial charge in [-0.05, 0) is 79.6 Å². The molecule has 0 bridgehead atoms. The summed E-state index contributed by atoms with van der Waals surface area (Å²) in [4.78, 5) is 34.4. The molecule has 0 aliphatic carbocycles. The first-order chi connectivity index (χ1) is 22.4. The number of carbonyl (C=O) groups excluding carboxylic acids is 2. The number of aromatic nitrogens is 3. The van der Waals surface area contributed by atoms with Gasteiger partial charge in [0, 0.05) is 24.8 Å². The molecule has 4 aromatic rings. The van der Waals surface area contributed by atoms with E-state index in [0.29, 0.717) is 23.2 Å². The summed E-state index contributed by atoms with van der Waals surface area (Å²) in [6.07, 6.45) is -0.154. The maximum absolute atomic E-state index is 12.7. The first-order valence-corrected chi connectivity index (χ1v) is 16.1. The van der Waals surface area contributed by atoms with Crippen LogP contribution in [0.1, 0.15) is 49.3 Å². The maximum Gasteiger partial charge on any atom is 0.573 e. The van der Waals surface area contributed by atoms with E-state index in [1.165, 1.54) is 47.0 Å². The molecule has 13 heteroatoms. The van der Waals surface area contributed by atoms with Crippen LogP contribution < -0.4 is 15.0 Å². The number of unbranched alkanes of at least 4 members (excludes halogenated alkanes) is 1. The van der Waals surface area contributed by atoms with Gasteiger partial charge in [-0.25, -0.2) is 14.5 Å². The number of thioether (sulfide) groups is 1. The molecule has 1 heterocycles. The number of ether oxygens (including phenoxy) is 1. The summed E-state index contributed by atoms with van der Waals surface area (Å²) < 4.78 is 42.7. The van der Waals surface area contributed by atoms with Crippen LogP contribution in [0, 0.1) is 6.92 Å². The van der Waals surface area contributed by atoms with Gasteiger partial charge in [-0.15, -0.1) is 18.3 Å². The van der Waals surface area contributed by atoms with Crippen molar-refractivity contribution in [2.75, 3.05) is 24.2 Å². The number of anilines is 1. The lowest BCUT2D eigenvalue weighted by Gasteiger charge is -2.25. The highest BCUT2D eigenvalue weighted by Gasteiger charge is 2.31. The Labute approximate surface area is 276 Å². The van der Waals surface area contributed by atoms with Gasteiger partial charge in [0.15, 0.2) is 11.0 Å². The molecule has 0 unspecified atom stereocenters. The molecule has 47 heavy (non-hydrogen) atoms. The smallest absolute Gasteiger partial charge is 0.406 e. The highest BCUT2D eigenvalue weighted by molar-refractivity contribution is 8.14. The number of aryl methyl sites for hydroxylation is 2. The second-order valence-corrected chi connectivity index (χ2v) is 12.1. The number of alkyl halides is 3. The molecule has 0 saturated heterocycles. The van der Waals surface area contributed by atoms with Crippen LogP contribution in [0.2, 0.25) is 0 Å². The Kier molecular flexibility index (Phi) is 12.2. The van der Waals surface area contributed by atoms with Crippen molar-refractivity contribution in [2.24, 2.45) is 4.99 Å². The van der Waals surface area contributed by atoms with Crippen LogP contribution in [-0.4, -0.2) is 58.0 Å². The Bertz CT molecular complexity index is 1690. The number of carbonyl (C=O) groups is 2. The van der Waals surface area contributed by atoms with Gasteiger partial charge in [-0.1, -0.05) is 61.5 Å². The Morgan fingerprint density at radius 3 is 2.57 bits per heavy atom. The highest BCUT2D eigenvalue weighted by Crippen LogP contribution is 2.30. The van der Waals surface area contributed by atoms with E-state index in [2.05, 4.69) is 45.0 Å². The normalized spacial score (nSPS) is 11.9. The third kappa shape index (κ3) is 10.4. The molecule has 4 rings (SSSR count). The zero-order chi connectivity index (χ0) is 34.0. The van der Waals surface area contributed by atoms with Crippen LogP contribution in [0.3, 0.4) is 0 Å². The fraction of sp³-hybridized carbons (Fsp3) is 0.324. The number of amides is 2. The van der Waals surface area contributed by atoms with Gasteiger partial charge in [0.25, 0.3) is 0 Å². The van der Waals surface area contributed by atoms with E-state index in [9.17, 15) is 22.8 Å². The molecule has 1 aromatic heterocycles. The third-order valence-electron chi connectivity index (χ3n) is 7.11. The number of nitrogens with zero attached hydrogens (tertiary/aromatic N) is 5. The fourth-order valence-electron chi connectivity index (χ4n) is 4.82. The summed E-state index contributed by atoms with van der Waals surface area (Å²) >= 11 is 1.21. The van der Waals surface area contributed by atoms with E-state index < -0.39 is 12.4 Å². The third-order valence-corrected chi connectivity index (χ3v) is 8.04. The minimum atomic E-state index is -4.76. The lowest BCUT2D eigenvalue weighted by atomic mass is 9.98. The van der Waals surface area contributed by atoms with E-state index in [-0.39, 0.29) is 17.4 Å². The molecule has 248 valence electrons. The standard InChI is InChI=1S/C34H37F3N6O3S/c1-23(2)29-20-24(3)11-16-30(29)42(4)33(47-19-18-44)40-32(45)38-17-6-5-8-25-9-7-10-26(21-25)31-39-22-43(41-31)27-12-14-28(15-13-27)46-34(35,36)37/h7,9-16,18,20-23H,5-6,8,17,19H2,1-4H3,(H,38,45). The largest absolute Gasteiger partial charge is 0.573 e. The van der Waals surface area contributed by atoms with Crippen LogP contribution in [0.5, 0.6) is 5.75 Å².